The zero-order valence-electron chi connectivity index (χ0n) is 11.5. The third-order valence-corrected chi connectivity index (χ3v) is 3.61. The Morgan fingerprint density at radius 2 is 1.47 bits per heavy atom. The first-order chi connectivity index (χ1) is 9.24. The van der Waals surface area contributed by atoms with E-state index in [2.05, 4.69) is 26.0 Å². The molecule has 2 aromatic carbocycles. The fraction of sp³-hybridized carbons (Fsp3) is 0.294. The molecule has 0 spiro atoms. The number of anilines is 1. The van der Waals surface area contributed by atoms with Crippen molar-refractivity contribution in [3.63, 3.8) is 0 Å². The summed E-state index contributed by atoms with van der Waals surface area (Å²) in [5.74, 6) is 0.368. The van der Waals surface area contributed by atoms with Gasteiger partial charge in [0.2, 0.25) is 0 Å². The number of hydrogen-bond donors (Lipinski definition) is 1. The van der Waals surface area contributed by atoms with Crippen LogP contribution in [0.2, 0.25) is 0 Å². The van der Waals surface area contributed by atoms with Gasteiger partial charge in [0.05, 0.1) is 11.7 Å². The highest BCUT2D eigenvalue weighted by Crippen LogP contribution is 2.32. The molecule has 0 amide bonds. The number of hydrogen-bond acceptors (Lipinski definition) is 2. The number of rotatable bonds is 5. The largest absolute Gasteiger partial charge is 0.288 e. The number of benzene rings is 2. The second-order valence-electron chi connectivity index (χ2n) is 4.92. The molecule has 0 fully saturated rings. The Morgan fingerprint density at radius 1 is 0.947 bits per heavy atom. The summed E-state index contributed by atoms with van der Waals surface area (Å²) in [4.78, 5) is 0. The molecule has 2 atom stereocenters. The van der Waals surface area contributed by atoms with E-state index in [1.807, 2.05) is 48.5 Å². The van der Waals surface area contributed by atoms with Gasteiger partial charge in [-0.05, 0) is 23.6 Å². The van der Waals surface area contributed by atoms with Crippen LogP contribution in [0.15, 0.2) is 60.7 Å². The molecule has 19 heavy (non-hydrogen) atoms. The third-order valence-electron chi connectivity index (χ3n) is 3.61. The molecule has 2 nitrogen and oxygen atoms in total. The van der Waals surface area contributed by atoms with Gasteiger partial charge in [0, 0.05) is 0 Å². The van der Waals surface area contributed by atoms with Gasteiger partial charge in [-0.1, -0.05) is 68.8 Å². The van der Waals surface area contributed by atoms with Gasteiger partial charge in [-0.25, -0.2) is 5.06 Å². The Kier molecular flexibility index (Phi) is 4.58. The quantitative estimate of drug-likeness (QED) is 0.785. The normalized spacial score (nSPS) is 13.8. The van der Waals surface area contributed by atoms with Crippen LogP contribution in [0, 0.1) is 5.92 Å². The van der Waals surface area contributed by atoms with Crippen molar-refractivity contribution in [1.82, 2.24) is 0 Å². The monoisotopic (exact) mass is 255 g/mol. The Hall–Kier alpha value is -1.80. The van der Waals surface area contributed by atoms with E-state index in [9.17, 15) is 5.21 Å². The van der Waals surface area contributed by atoms with Crippen molar-refractivity contribution >= 4 is 5.69 Å². The molecule has 1 N–H and O–H groups in total. The Balaban J connectivity index is 2.34. The van der Waals surface area contributed by atoms with Crippen LogP contribution in [0.4, 0.5) is 5.69 Å². The highest BCUT2D eigenvalue weighted by Gasteiger charge is 2.24. The smallest absolute Gasteiger partial charge is 0.0838 e. The lowest BCUT2D eigenvalue weighted by molar-refractivity contribution is 0.184. The van der Waals surface area contributed by atoms with Gasteiger partial charge in [-0.3, -0.25) is 5.21 Å². The zero-order valence-corrected chi connectivity index (χ0v) is 11.5. The van der Waals surface area contributed by atoms with Crippen LogP contribution in [-0.2, 0) is 0 Å². The minimum absolute atomic E-state index is 0.0198. The maximum atomic E-state index is 10.6. The number of nitrogens with zero attached hydrogens (tertiary/aromatic N) is 1. The van der Waals surface area contributed by atoms with Gasteiger partial charge < -0.3 is 0 Å². The topological polar surface area (TPSA) is 23.5 Å². The van der Waals surface area contributed by atoms with E-state index < -0.39 is 0 Å². The van der Waals surface area contributed by atoms with E-state index in [-0.39, 0.29) is 6.04 Å². The predicted molar refractivity (Wildman–Crippen MR) is 79.3 cm³/mol. The average Bonchev–Trinajstić information content (AvgIpc) is 2.49. The first-order valence-corrected chi connectivity index (χ1v) is 6.82. The van der Waals surface area contributed by atoms with Crippen LogP contribution in [0.3, 0.4) is 0 Å². The van der Waals surface area contributed by atoms with Crippen LogP contribution >= 0.6 is 0 Å². The lowest BCUT2D eigenvalue weighted by Gasteiger charge is -2.32. The van der Waals surface area contributed by atoms with E-state index in [1.165, 1.54) is 5.06 Å². The predicted octanol–water partition coefficient (Wildman–Crippen LogP) is 4.67. The minimum atomic E-state index is -0.0198. The first kappa shape index (κ1) is 13.6. The summed E-state index contributed by atoms with van der Waals surface area (Å²) < 4.78 is 0. The van der Waals surface area contributed by atoms with Crippen molar-refractivity contribution in [2.75, 3.05) is 5.06 Å². The maximum Gasteiger partial charge on any atom is 0.0838 e. The fourth-order valence-corrected chi connectivity index (χ4v) is 2.33. The summed E-state index contributed by atoms with van der Waals surface area (Å²) in [6.45, 7) is 4.32. The molecule has 2 rings (SSSR count). The van der Waals surface area contributed by atoms with E-state index in [4.69, 9.17) is 0 Å². The zero-order chi connectivity index (χ0) is 13.7. The highest BCUT2D eigenvalue weighted by molar-refractivity contribution is 5.45. The van der Waals surface area contributed by atoms with Crippen molar-refractivity contribution < 1.29 is 5.21 Å². The summed E-state index contributed by atoms with van der Waals surface area (Å²) in [5.41, 5.74) is 1.97. The van der Waals surface area contributed by atoms with E-state index in [1.54, 1.807) is 0 Å². The highest BCUT2D eigenvalue weighted by atomic mass is 16.5. The van der Waals surface area contributed by atoms with E-state index >= 15 is 0 Å². The average molecular weight is 255 g/mol. The summed E-state index contributed by atoms with van der Waals surface area (Å²) in [7, 11) is 0. The molecule has 0 bridgehead atoms. The summed E-state index contributed by atoms with van der Waals surface area (Å²) in [6.07, 6.45) is 1.02. The fourth-order valence-electron chi connectivity index (χ4n) is 2.33. The molecule has 0 aliphatic heterocycles. The molecule has 0 radical (unpaired) electrons. The third kappa shape index (κ3) is 3.15. The minimum Gasteiger partial charge on any atom is -0.288 e. The van der Waals surface area contributed by atoms with E-state index in [0.29, 0.717) is 5.92 Å². The number of para-hydroxylation sites is 1. The van der Waals surface area contributed by atoms with Gasteiger partial charge in [0.25, 0.3) is 0 Å². The SMILES string of the molecule is CCC(C)C(c1ccccc1)N(O)c1ccccc1. The maximum absolute atomic E-state index is 10.6. The molecule has 0 aliphatic rings. The van der Waals surface area contributed by atoms with Gasteiger partial charge in [0.15, 0.2) is 0 Å². The van der Waals surface area contributed by atoms with Crippen molar-refractivity contribution in [3.8, 4) is 0 Å². The Bertz CT molecular complexity index is 483. The van der Waals surface area contributed by atoms with Crippen molar-refractivity contribution in [2.45, 2.75) is 26.3 Å². The second kappa shape index (κ2) is 6.39. The molecule has 2 aromatic rings. The van der Waals surface area contributed by atoms with Crippen LogP contribution in [0.25, 0.3) is 0 Å². The molecule has 2 heteroatoms. The van der Waals surface area contributed by atoms with Gasteiger partial charge in [-0.2, -0.15) is 0 Å². The number of hydroxylamine groups is 1. The molecular weight excluding hydrogens is 234 g/mol. The van der Waals surface area contributed by atoms with Crippen LogP contribution < -0.4 is 5.06 Å². The molecule has 0 saturated carbocycles. The Morgan fingerprint density at radius 3 is 2.00 bits per heavy atom. The summed E-state index contributed by atoms with van der Waals surface area (Å²) in [5, 5.41) is 12.0. The summed E-state index contributed by atoms with van der Waals surface area (Å²) in [6, 6.07) is 19.9. The Labute approximate surface area is 115 Å². The molecule has 2 unspecified atom stereocenters. The van der Waals surface area contributed by atoms with Gasteiger partial charge in [0.1, 0.15) is 0 Å². The standard InChI is InChI=1S/C17H21NO/c1-3-14(2)17(15-10-6-4-7-11-15)18(19)16-12-8-5-9-13-16/h4-14,17,19H,3H2,1-2H3. The molecule has 100 valence electrons. The van der Waals surface area contributed by atoms with Gasteiger partial charge in [-0.15, -0.1) is 0 Å². The second-order valence-corrected chi connectivity index (χ2v) is 4.92. The lowest BCUT2D eigenvalue weighted by atomic mass is 9.92. The molecule has 0 saturated heterocycles. The van der Waals surface area contributed by atoms with Gasteiger partial charge >= 0.3 is 0 Å². The van der Waals surface area contributed by atoms with Crippen LogP contribution in [0.5, 0.6) is 0 Å². The molecule has 0 aromatic heterocycles. The van der Waals surface area contributed by atoms with E-state index in [0.717, 1.165) is 17.7 Å². The van der Waals surface area contributed by atoms with Crippen LogP contribution in [-0.4, -0.2) is 5.21 Å². The molecule has 0 heterocycles. The molecule has 0 aliphatic carbocycles. The van der Waals surface area contributed by atoms with Crippen molar-refractivity contribution in [3.05, 3.63) is 66.2 Å². The van der Waals surface area contributed by atoms with Crippen molar-refractivity contribution in [2.24, 2.45) is 5.92 Å². The molecular formula is C17H21NO. The first-order valence-electron chi connectivity index (χ1n) is 6.82. The van der Waals surface area contributed by atoms with Crippen molar-refractivity contribution in [1.29, 1.82) is 0 Å². The van der Waals surface area contributed by atoms with Crippen LogP contribution in [0.1, 0.15) is 31.9 Å². The lowest BCUT2D eigenvalue weighted by Crippen LogP contribution is -2.29. The summed E-state index contributed by atoms with van der Waals surface area (Å²) >= 11 is 0.